The van der Waals surface area contributed by atoms with Crippen LogP contribution in [-0.4, -0.2) is 70.3 Å². The Morgan fingerprint density at radius 3 is 2.24 bits per heavy atom. The average Bonchev–Trinajstić information content (AvgIpc) is 3.39. The van der Waals surface area contributed by atoms with Crippen LogP contribution in [0.1, 0.15) is 59.9 Å². The lowest BCUT2D eigenvalue weighted by atomic mass is 9.89. The van der Waals surface area contributed by atoms with Gasteiger partial charge in [0, 0.05) is 5.88 Å². The van der Waals surface area contributed by atoms with Gasteiger partial charge in [0.15, 0.2) is 28.5 Å². The molecule has 1 saturated heterocycles. The van der Waals surface area contributed by atoms with Crippen molar-refractivity contribution in [3.05, 3.63) is 23.0 Å². The standard InChI is InChI=1S/C24H45ClN4O6SSi2/c1-22(2,3)37(7,8)32-15-19-24(18(26)16-36(30,31)35-24)20(34-38(9,10)23(4,5)6)21(33-19)29-14-17(27-28-29)12-11-13-25/h14,16,19-21H,11-13,15,26H2,1-10H3/t19-,20+,21-,24-/m1/s1. The highest BCUT2D eigenvalue weighted by Gasteiger charge is 2.67. The summed E-state index contributed by atoms with van der Waals surface area (Å²) in [4.78, 5) is 0. The zero-order chi connectivity index (χ0) is 28.9. The summed E-state index contributed by atoms with van der Waals surface area (Å²) in [5, 5.41) is 9.33. The number of aromatic nitrogens is 3. The van der Waals surface area contributed by atoms with E-state index in [1.807, 2.05) is 0 Å². The minimum Gasteiger partial charge on any atom is -0.414 e. The first-order valence-electron chi connectivity index (χ1n) is 13.0. The van der Waals surface area contributed by atoms with Gasteiger partial charge in [-0.25, -0.2) is 8.86 Å². The third-order valence-corrected chi connectivity index (χ3v) is 18.7. The highest BCUT2D eigenvalue weighted by atomic mass is 35.5. The molecule has 38 heavy (non-hydrogen) atoms. The van der Waals surface area contributed by atoms with E-state index in [4.69, 9.17) is 35.1 Å². The number of hydrogen-bond donors (Lipinski definition) is 1. The smallest absolute Gasteiger partial charge is 0.292 e. The van der Waals surface area contributed by atoms with Crippen LogP contribution in [0.15, 0.2) is 17.3 Å². The molecule has 3 heterocycles. The molecule has 1 spiro atoms. The molecule has 218 valence electrons. The highest BCUT2D eigenvalue weighted by molar-refractivity contribution is 7.90. The molecule has 10 nitrogen and oxygen atoms in total. The fourth-order valence-corrected chi connectivity index (χ4v) is 7.64. The highest BCUT2D eigenvalue weighted by Crippen LogP contribution is 2.52. The monoisotopic (exact) mass is 608 g/mol. The van der Waals surface area contributed by atoms with Gasteiger partial charge in [-0.15, -0.1) is 16.7 Å². The Morgan fingerprint density at radius 1 is 1.13 bits per heavy atom. The maximum Gasteiger partial charge on any atom is 0.292 e. The van der Waals surface area contributed by atoms with E-state index in [1.54, 1.807) is 10.9 Å². The molecular formula is C24H45ClN4O6SSi2. The average molecular weight is 609 g/mol. The van der Waals surface area contributed by atoms with Gasteiger partial charge < -0.3 is 19.3 Å². The molecule has 0 aromatic carbocycles. The Balaban J connectivity index is 2.12. The van der Waals surface area contributed by atoms with Crippen molar-refractivity contribution >= 4 is 38.4 Å². The maximum absolute atomic E-state index is 12.8. The predicted octanol–water partition coefficient (Wildman–Crippen LogP) is 4.66. The molecule has 0 unspecified atom stereocenters. The second kappa shape index (κ2) is 10.5. The summed E-state index contributed by atoms with van der Waals surface area (Å²) < 4.78 is 53.1. The van der Waals surface area contributed by atoms with E-state index in [2.05, 4.69) is 78.0 Å². The number of nitrogens with zero attached hydrogens (tertiary/aromatic N) is 3. The minimum absolute atomic E-state index is 0.0371. The van der Waals surface area contributed by atoms with Crippen LogP contribution in [0.3, 0.4) is 0 Å². The molecule has 14 heteroatoms. The summed E-state index contributed by atoms with van der Waals surface area (Å²) >= 11 is 5.87. The first kappa shape index (κ1) is 31.7. The molecule has 1 aromatic heterocycles. The largest absolute Gasteiger partial charge is 0.414 e. The Labute approximate surface area is 234 Å². The molecule has 0 radical (unpaired) electrons. The minimum atomic E-state index is -4.07. The van der Waals surface area contributed by atoms with Gasteiger partial charge in [0.1, 0.15) is 12.2 Å². The Kier molecular flexibility index (Phi) is 8.80. The van der Waals surface area contributed by atoms with Gasteiger partial charge in [-0.1, -0.05) is 46.8 Å². The molecule has 0 saturated carbocycles. The normalized spacial score (nSPS) is 28.3. The van der Waals surface area contributed by atoms with Crippen molar-refractivity contribution in [1.29, 1.82) is 0 Å². The van der Waals surface area contributed by atoms with Crippen LogP contribution < -0.4 is 5.73 Å². The van der Waals surface area contributed by atoms with E-state index >= 15 is 0 Å². The number of hydrogen-bond acceptors (Lipinski definition) is 9. The van der Waals surface area contributed by atoms with E-state index in [0.29, 0.717) is 12.3 Å². The number of rotatable bonds is 9. The Bertz CT molecular complexity index is 1150. The zero-order valence-electron chi connectivity index (χ0n) is 24.4. The van der Waals surface area contributed by atoms with Crippen molar-refractivity contribution in [3.63, 3.8) is 0 Å². The van der Waals surface area contributed by atoms with E-state index in [-0.39, 0.29) is 22.4 Å². The van der Waals surface area contributed by atoms with Crippen molar-refractivity contribution in [1.82, 2.24) is 15.0 Å². The lowest BCUT2D eigenvalue weighted by molar-refractivity contribution is -0.0595. The molecule has 4 atom stereocenters. The van der Waals surface area contributed by atoms with Gasteiger partial charge in [-0.2, -0.15) is 8.42 Å². The van der Waals surface area contributed by atoms with Crippen LogP contribution >= 0.6 is 11.6 Å². The van der Waals surface area contributed by atoms with Crippen molar-refractivity contribution in [2.45, 2.75) is 115 Å². The lowest BCUT2D eigenvalue weighted by Crippen LogP contribution is -2.59. The van der Waals surface area contributed by atoms with Crippen LogP contribution in [0.25, 0.3) is 0 Å². The molecule has 2 aliphatic rings. The van der Waals surface area contributed by atoms with Gasteiger partial charge in [-0.3, -0.25) is 0 Å². The first-order valence-corrected chi connectivity index (χ1v) is 20.9. The summed E-state index contributed by atoms with van der Waals surface area (Å²) in [6.07, 6.45) is 0.579. The van der Waals surface area contributed by atoms with Gasteiger partial charge in [0.25, 0.3) is 10.1 Å². The quantitative estimate of drug-likeness (QED) is 0.242. The lowest BCUT2D eigenvalue weighted by Gasteiger charge is -2.43. The summed E-state index contributed by atoms with van der Waals surface area (Å²) in [6.45, 7) is 21.3. The second-order valence-corrected chi connectivity index (χ2v) is 24.6. The van der Waals surface area contributed by atoms with E-state index in [1.165, 1.54) is 0 Å². The summed E-state index contributed by atoms with van der Waals surface area (Å²) in [5.41, 5.74) is 5.68. The Hall–Kier alpha value is -0.806. The molecule has 3 rings (SSSR count). The second-order valence-electron chi connectivity index (χ2n) is 13.3. The molecule has 1 fully saturated rings. The zero-order valence-corrected chi connectivity index (χ0v) is 27.9. The molecule has 2 N–H and O–H groups in total. The van der Waals surface area contributed by atoms with Gasteiger partial charge in [-0.05, 0) is 49.1 Å². The van der Waals surface area contributed by atoms with Crippen molar-refractivity contribution in [2.24, 2.45) is 5.73 Å². The molecule has 1 aromatic rings. The number of aryl methyl sites for hydroxylation is 1. The van der Waals surface area contributed by atoms with Crippen molar-refractivity contribution in [2.75, 3.05) is 12.5 Å². The third kappa shape index (κ3) is 6.09. The van der Waals surface area contributed by atoms with Crippen molar-refractivity contribution < 1.29 is 26.2 Å². The van der Waals surface area contributed by atoms with Crippen molar-refractivity contribution in [3.8, 4) is 0 Å². The molecule has 0 amide bonds. The van der Waals surface area contributed by atoms with Crippen LogP contribution in [0.5, 0.6) is 0 Å². The topological polar surface area (TPSA) is 128 Å². The molecule has 0 aliphatic carbocycles. The van der Waals surface area contributed by atoms with Gasteiger partial charge in [0.2, 0.25) is 0 Å². The van der Waals surface area contributed by atoms with E-state index in [9.17, 15) is 8.42 Å². The SMILES string of the molecule is CC(C)(C)[Si](C)(C)OC[C@H]1O[C@@H](n2cc(CCCCl)nn2)[C@H](O[Si](C)(C)C(C)(C)C)[C@]12OS(=O)(=O)C=C2N. The summed E-state index contributed by atoms with van der Waals surface area (Å²) in [7, 11) is -8.80. The number of nitrogens with two attached hydrogens (primary N) is 1. The number of ether oxygens (including phenoxy) is 1. The number of alkyl halides is 1. The van der Waals surface area contributed by atoms with Gasteiger partial charge in [0.05, 0.1) is 29.6 Å². The van der Waals surface area contributed by atoms with Gasteiger partial charge >= 0.3 is 0 Å². The predicted molar refractivity (Wildman–Crippen MR) is 153 cm³/mol. The molecule has 2 aliphatic heterocycles. The first-order chi connectivity index (χ1) is 17.2. The maximum atomic E-state index is 12.8. The van der Waals surface area contributed by atoms with Crippen LogP contribution in [-0.2, 0) is 34.3 Å². The Morgan fingerprint density at radius 2 is 1.74 bits per heavy atom. The van der Waals surface area contributed by atoms with Crippen LogP contribution in [0, 0.1) is 0 Å². The van der Waals surface area contributed by atoms with Crippen LogP contribution in [0.2, 0.25) is 36.3 Å². The fraction of sp³-hybridized carbons (Fsp3) is 0.833. The van der Waals surface area contributed by atoms with Crippen LogP contribution in [0.4, 0.5) is 0 Å². The third-order valence-electron chi connectivity index (χ3n) is 8.45. The van der Waals surface area contributed by atoms with E-state index < -0.39 is 50.8 Å². The molecular weight excluding hydrogens is 564 g/mol. The summed E-state index contributed by atoms with van der Waals surface area (Å²) in [5.74, 6) is 0.507. The summed E-state index contributed by atoms with van der Waals surface area (Å²) in [6, 6.07) is 0. The number of halogens is 1. The molecule has 0 bridgehead atoms. The fourth-order valence-electron chi connectivity index (χ4n) is 4.00. The van der Waals surface area contributed by atoms with E-state index in [0.717, 1.165) is 17.5 Å².